The van der Waals surface area contributed by atoms with Crippen LogP contribution in [-0.4, -0.2) is 37.8 Å². The number of anilines is 1. The number of hydrogen-bond acceptors (Lipinski definition) is 5. The number of nitro benzene ring substituents is 1. The Labute approximate surface area is 172 Å². The van der Waals surface area contributed by atoms with E-state index < -0.39 is 14.9 Å². The van der Waals surface area contributed by atoms with Gasteiger partial charge in [0.15, 0.2) is 0 Å². The van der Waals surface area contributed by atoms with Gasteiger partial charge < -0.3 is 4.90 Å². The highest BCUT2D eigenvalue weighted by Gasteiger charge is 2.28. The van der Waals surface area contributed by atoms with Crippen LogP contribution in [0, 0.1) is 17.0 Å². The molecule has 0 radical (unpaired) electrons. The van der Waals surface area contributed by atoms with Crippen molar-refractivity contribution in [1.29, 1.82) is 0 Å². The van der Waals surface area contributed by atoms with Crippen molar-refractivity contribution < 1.29 is 13.3 Å². The number of nitrogens with zero attached hydrogens (tertiary/aromatic N) is 3. The molecular weight excluding hydrogens is 390 g/mol. The number of nitro groups is 1. The van der Waals surface area contributed by atoms with Crippen LogP contribution in [0.1, 0.15) is 36.8 Å². The number of hydrogen-bond donors (Lipinski definition) is 0. The standard InChI is InChI=1S/C21H27N3O4S/c1-17-7-9-18(10-8-17)16-22(2)20-12-11-19(15-21(20)24(25)26)29(27,28)23-13-5-3-4-6-14-23/h7-12,15H,3-6,13-14,16H2,1-2H3. The van der Waals surface area contributed by atoms with Gasteiger partial charge in [-0.25, -0.2) is 8.42 Å². The first-order valence-corrected chi connectivity index (χ1v) is 11.3. The number of sulfonamides is 1. The summed E-state index contributed by atoms with van der Waals surface area (Å²) in [7, 11) is -1.97. The molecule has 1 heterocycles. The fourth-order valence-electron chi connectivity index (χ4n) is 3.62. The van der Waals surface area contributed by atoms with Crippen LogP contribution in [0.5, 0.6) is 0 Å². The van der Waals surface area contributed by atoms with Crippen molar-refractivity contribution in [2.24, 2.45) is 0 Å². The van der Waals surface area contributed by atoms with E-state index in [1.807, 2.05) is 31.2 Å². The minimum Gasteiger partial charge on any atom is -0.365 e. The van der Waals surface area contributed by atoms with Crippen LogP contribution < -0.4 is 4.90 Å². The maximum absolute atomic E-state index is 13.0. The Morgan fingerprint density at radius 3 is 2.24 bits per heavy atom. The van der Waals surface area contributed by atoms with Gasteiger partial charge in [-0.3, -0.25) is 10.1 Å². The first kappa shape index (κ1) is 21.3. The maximum Gasteiger partial charge on any atom is 0.293 e. The molecule has 1 aliphatic heterocycles. The molecule has 0 aliphatic carbocycles. The third-order valence-corrected chi connectivity index (χ3v) is 7.19. The van der Waals surface area contributed by atoms with Gasteiger partial charge in [0, 0.05) is 32.7 Å². The van der Waals surface area contributed by atoms with Gasteiger partial charge in [0.1, 0.15) is 5.69 Å². The van der Waals surface area contributed by atoms with Crippen molar-refractivity contribution in [2.45, 2.75) is 44.0 Å². The lowest BCUT2D eigenvalue weighted by molar-refractivity contribution is -0.384. The SMILES string of the molecule is Cc1ccc(CN(C)c2ccc(S(=O)(=O)N3CCCCCC3)cc2[N+](=O)[O-])cc1. The van der Waals surface area contributed by atoms with E-state index in [2.05, 4.69) is 0 Å². The van der Waals surface area contributed by atoms with E-state index >= 15 is 0 Å². The Morgan fingerprint density at radius 2 is 1.66 bits per heavy atom. The van der Waals surface area contributed by atoms with Gasteiger partial charge in [0.2, 0.25) is 10.0 Å². The molecular formula is C21H27N3O4S. The highest BCUT2D eigenvalue weighted by molar-refractivity contribution is 7.89. The Hall–Kier alpha value is -2.45. The smallest absolute Gasteiger partial charge is 0.293 e. The van der Waals surface area contributed by atoms with Gasteiger partial charge in [-0.15, -0.1) is 0 Å². The van der Waals surface area contributed by atoms with E-state index in [4.69, 9.17) is 0 Å². The average molecular weight is 418 g/mol. The summed E-state index contributed by atoms with van der Waals surface area (Å²) in [6.07, 6.45) is 3.65. The van der Waals surface area contributed by atoms with E-state index in [9.17, 15) is 18.5 Å². The zero-order valence-electron chi connectivity index (χ0n) is 16.9. The molecule has 1 saturated heterocycles. The molecule has 0 atom stereocenters. The van der Waals surface area contributed by atoms with Crippen molar-refractivity contribution in [2.75, 3.05) is 25.0 Å². The van der Waals surface area contributed by atoms with Crippen LogP contribution in [0.15, 0.2) is 47.4 Å². The first-order chi connectivity index (χ1) is 13.8. The monoisotopic (exact) mass is 417 g/mol. The van der Waals surface area contributed by atoms with Crippen LogP contribution in [-0.2, 0) is 16.6 Å². The number of rotatable bonds is 6. The zero-order chi connectivity index (χ0) is 21.0. The van der Waals surface area contributed by atoms with Crippen LogP contribution in [0.4, 0.5) is 11.4 Å². The molecule has 0 unspecified atom stereocenters. The van der Waals surface area contributed by atoms with Gasteiger partial charge in [0.25, 0.3) is 5.69 Å². The highest BCUT2D eigenvalue weighted by atomic mass is 32.2. The van der Waals surface area contributed by atoms with E-state index in [-0.39, 0.29) is 10.6 Å². The molecule has 1 aliphatic rings. The van der Waals surface area contributed by atoms with Crippen LogP contribution in [0.2, 0.25) is 0 Å². The Kier molecular flexibility index (Phi) is 6.54. The number of benzene rings is 2. The largest absolute Gasteiger partial charge is 0.365 e. The molecule has 0 amide bonds. The van der Waals surface area contributed by atoms with Crippen molar-refractivity contribution in [3.63, 3.8) is 0 Å². The molecule has 0 spiro atoms. The second-order valence-electron chi connectivity index (χ2n) is 7.57. The average Bonchev–Trinajstić information content (AvgIpc) is 2.99. The highest BCUT2D eigenvalue weighted by Crippen LogP contribution is 2.32. The Morgan fingerprint density at radius 1 is 1.03 bits per heavy atom. The third-order valence-electron chi connectivity index (χ3n) is 5.30. The quantitative estimate of drug-likeness (QED) is 0.522. The molecule has 8 heteroatoms. The van der Waals surface area contributed by atoms with Crippen LogP contribution in [0.3, 0.4) is 0 Å². The summed E-state index contributed by atoms with van der Waals surface area (Å²) in [5, 5.41) is 11.7. The molecule has 0 N–H and O–H groups in total. The molecule has 7 nitrogen and oxygen atoms in total. The third kappa shape index (κ3) is 4.94. The van der Waals surface area contributed by atoms with Gasteiger partial charge in [0.05, 0.1) is 9.82 Å². The molecule has 1 fully saturated rings. The van der Waals surface area contributed by atoms with Gasteiger partial charge in [-0.05, 0) is 37.5 Å². The lowest BCUT2D eigenvalue weighted by atomic mass is 10.1. The van der Waals surface area contributed by atoms with Crippen molar-refractivity contribution in [3.05, 3.63) is 63.7 Å². The zero-order valence-corrected chi connectivity index (χ0v) is 17.7. The fraction of sp³-hybridized carbons (Fsp3) is 0.429. The Balaban J connectivity index is 1.90. The van der Waals surface area contributed by atoms with E-state index in [0.717, 1.165) is 36.8 Å². The van der Waals surface area contributed by atoms with Gasteiger partial charge >= 0.3 is 0 Å². The molecule has 29 heavy (non-hydrogen) atoms. The van der Waals surface area contributed by atoms with E-state index in [1.165, 1.54) is 22.5 Å². The molecule has 3 rings (SSSR count). The van der Waals surface area contributed by atoms with Crippen molar-refractivity contribution >= 4 is 21.4 Å². The maximum atomic E-state index is 13.0. The van der Waals surface area contributed by atoms with E-state index in [1.54, 1.807) is 11.9 Å². The summed E-state index contributed by atoms with van der Waals surface area (Å²) < 4.78 is 27.5. The summed E-state index contributed by atoms with van der Waals surface area (Å²) in [6, 6.07) is 12.2. The van der Waals surface area contributed by atoms with Crippen molar-refractivity contribution in [3.8, 4) is 0 Å². The summed E-state index contributed by atoms with van der Waals surface area (Å²) >= 11 is 0. The molecule has 2 aromatic carbocycles. The summed E-state index contributed by atoms with van der Waals surface area (Å²) in [5.74, 6) is 0. The molecule has 2 aromatic rings. The minimum absolute atomic E-state index is 0.0152. The second kappa shape index (κ2) is 8.92. The lowest BCUT2D eigenvalue weighted by Gasteiger charge is -2.22. The fourth-order valence-corrected chi connectivity index (χ4v) is 5.15. The molecule has 0 bridgehead atoms. The summed E-state index contributed by atoms with van der Waals surface area (Å²) in [4.78, 5) is 12.9. The normalized spacial score (nSPS) is 15.7. The minimum atomic E-state index is -3.74. The molecule has 0 saturated carbocycles. The van der Waals surface area contributed by atoms with Gasteiger partial charge in [-0.1, -0.05) is 42.7 Å². The lowest BCUT2D eigenvalue weighted by Crippen LogP contribution is -2.32. The van der Waals surface area contributed by atoms with E-state index in [0.29, 0.717) is 25.3 Å². The summed E-state index contributed by atoms with van der Waals surface area (Å²) in [6.45, 7) is 3.41. The summed E-state index contributed by atoms with van der Waals surface area (Å²) in [5.41, 5.74) is 2.36. The van der Waals surface area contributed by atoms with Gasteiger partial charge in [-0.2, -0.15) is 4.31 Å². The second-order valence-corrected chi connectivity index (χ2v) is 9.51. The molecule has 156 valence electrons. The predicted molar refractivity (Wildman–Crippen MR) is 114 cm³/mol. The topological polar surface area (TPSA) is 83.8 Å². The van der Waals surface area contributed by atoms with Crippen LogP contribution >= 0.6 is 0 Å². The first-order valence-electron chi connectivity index (χ1n) is 9.84. The van der Waals surface area contributed by atoms with Crippen LogP contribution in [0.25, 0.3) is 0 Å². The number of aryl methyl sites for hydroxylation is 1. The van der Waals surface area contributed by atoms with Crippen molar-refractivity contribution in [1.82, 2.24) is 4.31 Å². The predicted octanol–water partition coefficient (Wildman–Crippen LogP) is 4.10. The molecule has 0 aromatic heterocycles. The Bertz CT molecular complexity index is 966.